The van der Waals surface area contributed by atoms with Crippen LogP contribution in [0.3, 0.4) is 0 Å². The number of carbonyl (C=O) groups excluding carboxylic acids is 1. The average Bonchev–Trinajstić information content (AvgIpc) is 2.41. The van der Waals surface area contributed by atoms with E-state index in [9.17, 15) is 4.79 Å². The molecule has 0 radical (unpaired) electrons. The predicted octanol–water partition coefficient (Wildman–Crippen LogP) is 2.49. The van der Waals surface area contributed by atoms with Crippen molar-refractivity contribution in [2.24, 2.45) is 0 Å². The summed E-state index contributed by atoms with van der Waals surface area (Å²) in [5.41, 5.74) is 13.1. The Balaban J connectivity index is 2.07. The van der Waals surface area contributed by atoms with Crippen molar-refractivity contribution in [3.63, 3.8) is 0 Å². The lowest BCUT2D eigenvalue weighted by Crippen LogP contribution is -2.29. The first-order chi connectivity index (χ1) is 9.06. The highest BCUT2D eigenvalue weighted by atomic mass is 16.6. The molecule has 0 unspecified atom stereocenters. The zero-order valence-corrected chi connectivity index (χ0v) is 10.5. The number of carbonyl (C=O) groups is 1. The van der Waals surface area contributed by atoms with Crippen LogP contribution in [0.1, 0.15) is 0 Å². The third-order valence-electron chi connectivity index (χ3n) is 2.64. The van der Waals surface area contributed by atoms with E-state index in [0.717, 1.165) is 0 Å². The van der Waals surface area contributed by atoms with Gasteiger partial charge in [0.15, 0.2) is 0 Å². The summed E-state index contributed by atoms with van der Waals surface area (Å²) in [7, 11) is 1.63. The molecule has 2 aromatic rings. The molecule has 4 N–H and O–H groups in total. The van der Waals surface area contributed by atoms with Crippen molar-refractivity contribution in [3.8, 4) is 5.75 Å². The second kappa shape index (κ2) is 5.30. The lowest BCUT2D eigenvalue weighted by atomic mass is 10.3. The molecule has 5 heteroatoms. The summed E-state index contributed by atoms with van der Waals surface area (Å²) in [4.78, 5) is 13.3. The molecule has 2 rings (SSSR count). The largest absolute Gasteiger partial charge is 0.419 e. The molecule has 0 heterocycles. The zero-order chi connectivity index (χ0) is 13.8. The molecule has 19 heavy (non-hydrogen) atoms. The van der Waals surface area contributed by atoms with Gasteiger partial charge in [0, 0.05) is 24.1 Å². The predicted molar refractivity (Wildman–Crippen MR) is 76.1 cm³/mol. The first-order valence-corrected chi connectivity index (χ1v) is 5.73. The number of nitrogen functional groups attached to an aromatic ring is 2. The van der Waals surface area contributed by atoms with Crippen molar-refractivity contribution >= 4 is 23.2 Å². The normalized spacial score (nSPS) is 9.95. The molecule has 0 fully saturated rings. The van der Waals surface area contributed by atoms with Gasteiger partial charge >= 0.3 is 6.09 Å². The monoisotopic (exact) mass is 257 g/mol. The first-order valence-electron chi connectivity index (χ1n) is 5.73. The van der Waals surface area contributed by atoms with Gasteiger partial charge in [0.2, 0.25) is 0 Å². The van der Waals surface area contributed by atoms with Gasteiger partial charge in [-0.05, 0) is 48.5 Å². The molecule has 98 valence electrons. The molecule has 0 saturated heterocycles. The number of benzene rings is 2. The fourth-order valence-electron chi connectivity index (χ4n) is 1.51. The highest BCUT2D eigenvalue weighted by Gasteiger charge is 2.13. The second-order valence-corrected chi connectivity index (χ2v) is 4.09. The van der Waals surface area contributed by atoms with Crippen LogP contribution in [0, 0.1) is 0 Å². The SMILES string of the molecule is CN(C(=O)Oc1ccc(N)cc1)c1ccc(N)cc1. The van der Waals surface area contributed by atoms with Crippen molar-refractivity contribution in [2.45, 2.75) is 0 Å². The minimum atomic E-state index is -0.477. The zero-order valence-electron chi connectivity index (χ0n) is 10.5. The van der Waals surface area contributed by atoms with Crippen LogP contribution in [0.15, 0.2) is 48.5 Å². The Hall–Kier alpha value is -2.69. The topological polar surface area (TPSA) is 81.6 Å². The first kappa shape index (κ1) is 12.8. The van der Waals surface area contributed by atoms with E-state index in [-0.39, 0.29) is 0 Å². The number of anilines is 3. The van der Waals surface area contributed by atoms with Crippen LogP contribution in [0.5, 0.6) is 5.75 Å². The van der Waals surface area contributed by atoms with Crippen molar-refractivity contribution in [1.82, 2.24) is 0 Å². The van der Waals surface area contributed by atoms with Gasteiger partial charge < -0.3 is 16.2 Å². The lowest BCUT2D eigenvalue weighted by molar-refractivity contribution is 0.209. The third kappa shape index (κ3) is 3.16. The molecule has 2 aromatic carbocycles. The van der Waals surface area contributed by atoms with Gasteiger partial charge in [0.05, 0.1) is 0 Å². The summed E-state index contributed by atoms with van der Waals surface area (Å²) in [6.07, 6.45) is -0.477. The summed E-state index contributed by atoms with van der Waals surface area (Å²) in [6.45, 7) is 0. The Bertz CT molecular complexity index is 564. The van der Waals surface area contributed by atoms with Gasteiger partial charge in [-0.25, -0.2) is 4.79 Å². The van der Waals surface area contributed by atoms with Crippen LogP contribution in [-0.2, 0) is 0 Å². The maximum absolute atomic E-state index is 11.9. The standard InChI is InChI=1S/C14H15N3O2/c1-17(12-6-2-10(15)3-7-12)14(18)19-13-8-4-11(16)5-9-13/h2-9H,15-16H2,1H3. The van der Waals surface area contributed by atoms with E-state index < -0.39 is 6.09 Å². The van der Waals surface area contributed by atoms with Crippen LogP contribution in [0.4, 0.5) is 21.9 Å². The van der Waals surface area contributed by atoms with Crippen molar-refractivity contribution in [3.05, 3.63) is 48.5 Å². The quantitative estimate of drug-likeness (QED) is 0.810. The molecule has 5 nitrogen and oxygen atoms in total. The maximum atomic E-state index is 11.9. The molecule has 0 aliphatic heterocycles. The van der Waals surface area contributed by atoms with Gasteiger partial charge in [-0.1, -0.05) is 0 Å². The van der Waals surface area contributed by atoms with E-state index in [1.54, 1.807) is 55.6 Å². The molecule has 1 amide bonds. The van der Waals surface area contributed by atoms with E-state index in [2.05, 4.69) is 0 Å². The summed E-state index contributed by atoms with van der Waals surface area (Å²) in [5.74, 6) is 0.446. The summed E-state index contributed by atoms with van der Waals surface area (Å²) >= 11 is 0. The van der Waals surface area contributed by atoms with E-state index in [4.69, 9.17) is 16.2 Å². The molecule has 0 atom stereocenters. The van der Waals surface area contributed by atoms with Crippen molar-refractivity contribution < 1.29 is 9.53 Å². The fourth-order valence-corrected chi connectivity index (χ4v) is 1.51. The number of rotatable bonds is 2. The molecule has 0 aromatic heterocycles. The smallest absolute Gasteiger partial charge is 0.410 e. The van der Waals surface area contributed by atoms with E-state index in [0.29, 0.717) is 22.8 Å². The molecule has 0 aliphatic carbocycles. The maximum Gasteiger partial charge on any atom is 0.419 e. The molecular weight excluding hydrogens is 242 g/mol. The Morgan fingerprint density at radius 3 is 1.95 bits per heavy atom. The summed E-state index contributed by atoms with van der Waals surface area (Å²) in [6, 6.07) is 13.6. The summed E-state index contributed by atoms with van der Waals surface area (Å²) in [5, 5.41) is 0. The Labute approximate surface area is 111 Å². The molecule has 0 aliphatic rings. The number of nitrogens with zero attached hydrogens (tertiary/aromatic N) is 1. The van der Waals surface area contributed by atoms with Crippen LogP contribution < -0.4 is 21.1 Å². The Morgan fingerprint density at radius 2 is 1.42 bits per heavy atom. The van der Waals surface area contributed by atoms with E-state index in [1.807, 2.05) is 0 Å². The highest BCUT2D eigenvalue weighted by molar-refractivity contribution is 5.88. The highest BCUT2D eigenvalue weighted by Crippen LogP contribution is 2.18. The number of nitrogens with two attached hydrogens (primary N) is 2. The van der Waals surface area contributed by atoms with Crippen LogP contribution >= 0.6 is 0 Å². The van der Waals surface area contributed by atoms with Gasteiger partial charge in [-0.15, -0.1) is 0 Å². The molecule has 0 saturated carbocycles. The van der Waals surface area contributed by atoms with Crippen molar-refractivity contribution in [1.29, 1.82) is 0 Å². The van der Waals surface area contributed by atoms with E-state index >= 15 is 0 Å². The number of hydrogen-bond acceptors (Lipinski definition) is 4. The average molecular weight is 257 g/mol. The minimum Gasteiger partial charge on any atom is -0.410 e. The molecule has 0 spiro atoms. The number of hydrogen-bond donors (Lipinski definition) is 2. The van der Waals surface area contributed by atoms with Crippen LogP contribution in [0.25, 0.3) is 0 Å². The van der Waals surface area contributed by atoms with Gasteiger partial charge in [-0.3, -0.25) is 4.90 Å². The Kier molecular flexibility index (Phi) is 3.56. The van der Waals surface area contributed by atoms with Crippen LogP contribution in [0.2, 0.25) is 0 Å². The second-order valence-electron chi connectivity index (χ2n) is 4.09. The van der Waals surface area contributed by atoms with Crippen LogP contribution in [-0.4, -0.2) is 13.1 Å². The number of amides is 1. The van der Waals surface area contributed by atoms with E-state index in [1.165, 1.54) is 4.90 Å². The fraction of sp³-hybridized carbons (Fsp3) is 0.0714. The number of ether oxygens (including phenoxy) is 1. The van der Waals surface area contributed by atoms with Gasteiger partial charge in [0.25, 0.3) is 0 Å². The Morgan fingerprint density at radius 1 is 0.947 bits per heavy atom. The van der Waals surface area contributed by atoms with Gasteiger partial charge in [-0.2, -0.15) is 0 Å². The molecular formula is C14H15N3O2. The van der Waals surface area contributed by atoms with Crippen molar-refractivity contribution in [2.75, 3.05) is 23.4 Å². The molecule has 0 bridgehead atoms. The van der Waals surface area contributed by atoms with Gasteiger partial charge in [0.1, 0.15) is 5.75 Å². The minimum absolute atomic E-state index is 0.446. The summed E-state index contributed by atoms with van der Waals surface area (Å²) < 4.78 is 5.22. The lowest BCUT2D eigenvalue weighted by Gasteiger charge is -2.17. The third-order valence-corrected chi connectivity index (χ3v) is 2.64.